The van der Waals surface area contributed by atoms with Crippen LogP contribution in [0.5, 0.6) is 34.5 Å². The van der Waals surface area contributed by atoms with Crippen LogP contribution in [-0.4, -0.2) is 47.6 Å². The number of benzene rings is 2. The first kappa shape index (κ1) is 20.9. The number of carbonyl (C=O) groups excluding carboxylic acids is 1. The molecule has 1 fully saturated rings. The van der Waals surface area contributed by atoms with Crippen molar-refractivity contribution in [3.63, 3.8) is 0 Å². The summed E-state index contributed by atoms with van der Waals surface area (Å²) in [6.45, 7) is 0. The molecule has 3 rings (SSSR count). The molecule has 0 spiro atoms. The largest absolute Gasteiger partial charge is 0.504 e. The fourth-order valence-corrected chi connectivity index (χ4v) is 4.27. The van der Waals surface area contributed by atoms with Gasteiger partial charge in [0.05, 0.1) is 11.1 Å². The summed E-state index contributed by atoms with van der Waals surface area (Å²) in [5.74, 6) is -9.00. The van der Waals surface area contributed by atoms with Crippen LogP contribution in [0.2, 0.25) is 0 Å². The number of aromatic hydroxyl groups is 6. The van der Waals surface area contributed by atoms with E-state index in [4.69, 9.17) is 5.73 Å². The Labute approximate surface area is 170 Å². The third-order valence-electron chi connectivity index (χ3n) is 5.59. The van der Waals surface area contributed by atoms with Gasteiger partial charge >= 0.3 is 5.97 Å². The van der Waals surface area contributed by atoms with Gasteiger partial charge in [-0.15, -0.1) is 0 Å². The Balaban J connectivity index is 2.30. The average molecular weight is 419 g/mol. The molecule has 10 heteroatoms. The van der Waals surface area contributed by atoms with E-state index in [9.17, 15) is 45.3 Å². The predicted octanol–water partition coefficient (Wildman–Crippen LogP) is 2.16. The number of carbonyl (C=O) groups is 2. The number of hydrogen-bond donors (Lipinski definition) is 8. The monoisotopic (exact) mass is 419 g/mol. The van der Waals surface area contributed by atoms with Crippen LogP contribution in [0.15, 0.2) is 12.1 Å². The van der Waals surface area contributed by atoms with Crippen molar-refractivity contribution in [2.45, 2.75) is 37.5 Å². The molecule has 0 radical (unpaired) electrons. The highest BCUT2D eigenvalue weighted by Crippen LogP contribution is 2.55. The molecule has 1 amide bonds. The molecule has 2 aromatic rings. The van der Waals surface area contributed by atoms with Gasteiger partial charge in [0.1, 0.15) is 0 Å². The fraction of sp³-hybridized carbons (Fsp3) is 0.300. The van der Waals surface area contributed by atoms with Crippen LogP contribution < -0.4 is 5.73 Å². The Kier molecular flexibility index (Phi) is 5.26. The molecule has 0 aromatic heterocycles. The maximum Gasteiger partial charge on any atom is 0.336 e. The highest BCUT2D eigenvalue weighted by atomic mass is 16.4. The Morgan fingerprint density at radius 1 is 0.733 bits per heavy atom. The van der Waals surface area contributed by atoms with Crippen molar-refractivity contribution in [3.8, 4) is 34.5 Å². The Morgan fingerprint density at radius 2 is 1.13 bits per heavy atom. The van der Waals surface area contributed by atoms with E-state index in [1.807, 2.05) is 0 Å². The van der Waals surface area contributed by atoms with Gasteiger partial charge in [-0.2, -0.15) is 0 Å². The van der Waals surface area contributed by atoms with E-state index in [2.05, 4.69) is 0 Å². The molecule has 1 aliphatic rings. The molecular formula is C20H21NO9. The van der Waals surface area contributed by atoms with Gasteiger partial charge in [0.2, 0.25) is 17.4 Å². The summed E-state index contributed by atoms with van der Waals surface area (Å²) in [5.41, 5.74) is 4.40. The van der Waals surface area contributed by atoms with Crippen molar-refractivity contribution in [2.75, 3.05) is 0 Å². The van der Waals surface area contributed by atoms with Gasteiger partial charge in [0.25, 0.3) is 0 Å². The van der Waals surface area contributed by atoms with Gasteiger partial charge in [-0.1, -0.05) is 12.8 Å². The zero-order chi connectivity index (χ0) is 22.3. The number of carboxylic acids is 1. The molecule has 0 aliphatic heterocycles. The van der Waals surface area contributed by atoms with Crippen LogP contribution >= 0.6 is 0 Å². The van der Waals surface area contributed by atoms with E-state index < -0.39 is 63.8 Å². The van der Waals surface area contributed by atoms with Gasteiger partial charge in [0, 0.05) is 11.1 Å². The van der Waals surface area contributed by atoms with Gasteiger partial charge in [-0.05, 0) is 36.8 Å². The first-order valence-corrected chi connectivity index (χ1v) is 9.14. The van der Waals surface area contributed by atoms with Crippen LogP contribution in [0.1, 0.15) is 69.4 Å². The molecule has 1 aliphatic carbocycles. The van der Waals surface area contributed by atoms with Crippen LogP contribution in [0, 0.1) is 0 Å². The number of nitrogens with two attached hydrogens (primary N) is 1. The molecule has 160 valence electrons. The minimum Gasteiger partial charge on any atom is -0.504 e. The van der Waals surface area contributed by atoms with Crippen LogP contribution in [0.25, 0.3) is 0 Å². The molecular weight excluding hydrogens is 398 g/mol. The number of hydrogen-bond acceptors (Lipinski definition) is 8. The molecule has 0 bridgehead atoms. The zero-order valence-corrected chi connectivity index (χ0v) is 15.7. The molecule has 2 atom stereocenters. The minimum atomic E-state index is -1.46. The highest BCUT2D eigenvalue weighted by molar-refractivity contribution is 5.97. The number of phenolic OH excluding ortho intramolecular Hbond substituents is 6. The summed E-state index contributed by atoms with van der Waals surface area (Å²) in [5, 5.41) is 70.0. The molecule has 10 nitrogen and oxygen atoms in total. The lowest BCUT2D eigenvalue weighted by Crippen LogP contribution is -2.23. The van der Waals surface area contributed by atoms with E-state index in [0.717, 1.165) is 12.1 Å². The number of phenols is 6. The minimum absolute atomic E-state index is 0.0918. The van der Waals surface area contributed by atoms with Crippen molar-refractivity contribution in [1.82, 2.24) is 0 Å². The van der Waals surface area contributed by atoms with Crippen LogP contribution in [0.4, 0.5) is 0 Å². The summed E-state index contributed by atoms with van der Waals surface area (Å²) in [6.07, 6.45) is 1.86. The maximum atomic E-state index is 12.0. The SMILES string of the molecule is NC(=O)c1cc(O)c(O)c(O)c1[C@@H]1CCCC[C@@H]1c1c(C(=O)O)cc(O)c(O)c1O. The summed E-state index contributed by atoms with van der Waals surface area (Å²) in [6, 6.07) is 1.71. The summed E-state index contributed by atoms with van der Waals surface area (Å²) < 4.78 is 0. The average Bonchev–Trinajstić information content (AvgIpc) is 2.69. The van der Waals surface area contributed by atoms with Gasteiger partial charge in [-0.3, -0.25) is 4.79 Å². The molecule has 9 N–H and O–H groups in total. The van der Waals surface area contributed by atoms with Crippen molar-refractivity contribution in [2.24, 2.45) is 5.73 Å². The van der Waals surface area contributed by atoms with E-state index in [0.29, 0.717) is 25.7 Å². The second kappa shape index (κ2) is 7.54. The number of amides is 1. The second-order valence-corrected chi connectivity index (χ2v) is 7.28. The van der Waals surface area contributed by atoms with E-state index in [-0.39, 0.29) is 16.7 Å². The topological polar surface area (TPSA) is 202 Å². The Hall–Kier alpha value is -3.82. The Bertz CT molecular complexity index is 964. The third kappa shape index (κ3) is 3.25. The number of aromatic carboxylic acids is 1. The number of rotatable bonds is 4. The summed E-state index contributed by atoms with van der Waals surface area (Å²) >= 11 is 0. The lowest BCUT2D eigenvalue weighted by atomic mass is 9.69. The van der Waals surface area contributed by atoms with Gasteiger partial charge < -0.3 is 41.5 Å². The van der Waals surface area contributed by atoms with Crippen molar-refractivity contribution in [3.05, 3.63) is 34.4 Å². The van der Waals surface area contributed by atoms with Crippen LogP contribution in [0.3, 0.4) is 0 Å². The molecule has 0 saturated heterocycles. The molecule has 1 saturated carbocycles. The standard InChI is InChI=1S/C20H21NO9/c21-19(28)9-5-11(22)15(24)17(26)13(9)7-3-1-2-4-8(7)14-10(20(29)30)6-12(23)16(25)18(14)27/h5-8,22-27H,1-4H2,(H2,21,28)(H,29,30)/t7-,8+/m1/s1. The quantitative estimate of drug-likeness (QED) is 0.342. The van der Waals surface area contributed by atoms with Gasteiger partial charge in [-0.25, -0.2) is 4.79 Å². The smallest absolute Gasteiger partial charge is 0.336 e. The van der Waals surface area contributed by atoms with Gasteiger partial charge in [0.15, 0.2) is 23.0 Å². The highest BCUT2D eigenvalue weighted by Gasteiger charge is 2.38. The summed E-state index contributed by atoms with van der Waals surface area (Å²) in [4.78, 5) is 23.7. The lowest BCUT2D eigenvalue weighted by Gasteiger charge is -2.34. The van der Waals surface area contributed by atoms with Crippen molar-refractivity contribution < 1.29 is 45.3 Å². The third-order valence-corrected chi connectivity index (χ3v) is 5.59. The normalized spacial score (nSPS) is 18.8. The first-order chi connectivity index (χ1) is 14.1. The van der Waals surface area contributed by atoms with E-state index >= 15 is 0 Å². The fourth-order valence-electron chi connectivity index (χ4n) is 4.27. The molecule has 2 aromatic carbocycles. The molecule has 0 heterocycles. The molecule has 30 heavy (non-hydrogen) atoms. The van der Waals surface area contributed by atoms with Crippen molar-refractivity contribution in [1.29, 1.82) is 0 Å². The number of carboxylic acid groups (broad SMARTS) is 1. The van der Waals surface area contributed by atoms with E-state index in [1.165, 1.54) is 0 Å². The molecule has 0 unspecified atom stereocenters. The second-order valence-electron chi connectivity index (χ2n) is 7.28. The number of primary amides is 1. The van der Waals surface area contributed by atoms with E-state index in [1.54, 1.807) is 0 Å². The lowest BCUT2D eigenvalue weighted by molar-refractivity contribution is 0.0692. The first-order valence-electron chi connectivity index (χ1n) is 9.14. The van der Waals surface area contributed by atoms with Crippen molar-refractivity contribution >= 4 is 11.9 Å². The maximum absolute atomic E-state index is 12.0. The van der Waals surface area contributed by atoms with Crippen LogP contribution in [-0.2, 0) is 0 Å². The predicted molar refractivity (Wildman–Crippen MR) is 102 cm³/mol. The summed E-state index contributed by atoms with van der Waals surface area (Å²) in [7, 11) is 0. The Morgan fingerprint density at radius 3 is 1.53 bits per heavy atom. The zero-order valence-electron chi connectivity index (χ0n) is 15.7.